The highest BCUT2D eigenvalue weighted by atomic mass is 32.2. The van der Waals surface area contributed by atoms with Crippen molar-refractivity contribution in [1.82, 2.24) is 10.2 Å². The monoisotopic (exact) mass is 258 g/mol. The number of likely N-dealkylation sites (tertiary alicyclic amines) is 1. The Morgan fingerprint density at radius 1 is 1.35 bits per heavy atom. The van der Waals surface area contributed by atoms with Gasteiger partial charge in [-0.15, -0.1) is 0 Å². The van der Waals surface area contributed by atoms with Crippen LogP contribution in [0.2, 0.25) is 0 Å². The zero-order valence-corrected chi connectivity index (χ0v) is 12.2. The van der Waals surface area contributed by atoms with Crippen molar-refractivity contribution in [2.24, 2.45) is 0 Å². The van der Waals surface area contributed by atoms with Crippen molar-refractivity contribution in [1.29, 1.82) is 0 Å². The molecule has 0 bridgehead atoms. The van der Waals surface area contributed by atoms with E-state index in [-0.39, 0.29) is 11.9 Å². The van der Waals surface area contributed by atoms with E-state index in [1.54, 1.807) is 0 Å². The second-order valence-corrected chi connectivity index (χ2v) is 6.20. The third-order valence-electron chi connectivity index (χ3n) is 3.22. The summed E-state index contributed by atoms with van der Waals surface area (Å²) >= 11 is 1.96. The molecule has 1 saturated heterocycles. The van der Waals surface area contributed by atoms with Crippen molar-refractivity contribution in [3.05, 3.63) is 0 Å². The first-order valence-corrected chi connectivity index (χ1v) is 7.93. The van der Waals surface area contributed by atoms with E-state index < -0.39 is 0 Å². The minimum atomic E-state index is -0.0327. The SMILES string of the molecule is CCSCCC(C)NC(C)C(=O)N1CCCC1. The van der Waals surface area contributed by atoms with Gasteiger partial charge >= 0.3 is 0 Å². The van der Waals surface area contributed by atoms with Crippen molar-refractivity contribution >= 4 is 17.7 Å². The molecule has 1 aliphatic rings. The van der Waals surface area contributed by atoms with Crippen LogP contribution in [0, 0.1) is 0 Å². The summed E-state index contributed by atoms with van der Waals surface area (Å²) in [4.78, 5) is 14.1. The maximum Gasteiger partial charge on any atom is 0.239 e. The zero-order valence-electron chi connectivity index (χ0n) is 11.4. The first-order valence-electron chi connectivity index (χ1n) is 6.77. The first-order chi connectivity index (χ1) is 8.15. The Bertz CT molecular complexity index is 229. The standard InChI is InChI=1S/C13H26N2OS/c1-4-17-10-7-11(2)14-12(3)13(16)15-8-5-6-9-15/h11-12,14H,4-10H2,1-3H3. The van der Waals surface area contributed by atoms with E-state index in [1.807, 2.05) is 23.6 Å². The lowest BCUT2D eigenvalue weighted by atomic mass is 10.2. The molecule has 0 radical (unpaired) electrons. The van der Waals surface area contributed by atoms with E-state index >= 15 is 0 Å². The second-order valence-electron chi connectivity index (χ2n) is 4.81. The molecule has 0 spiro atoms. The van der Waals surface area contributed by atoms with Crippen molar-refractivity contribution < 1.29 is 4.79 Å². The molecule has 0 aliphatic carbocycles. The molecule has 0 saturated carbocycles. The minimum Gasteiger partial charge on any atom is -0.341 e. The molecule has 1 fully saturated rings. The van der Waals surface area contributed by atoms with Crippen LogP contribution < -0.4 is 5.32 Å². The van der Waals surface area contributed by atoms with E-state index in [1.165, 1.54) is 24.3 Å². The number of hydrogen-bond donors (Lipinski definition) is 1. The van der Waals surface area contributed by atoms with Crippen LogP contribution in [0.1, 0.15) is 40.0 Å². The van der Waals surface area contributed by atoms with Crippen LogP contribution in [-0.2, 0) is 4.79 Å². The molecule has 1 aliphatic heterocycles. The van der Waals surface area contributed by atoms with Gasteiger partial charge in [0.05, 0.1) is 6.04 Å². The van der Waals surface area contributed by atoms with Gasteiger partial charge < -0.3 is 10.2 Å². The Morgan fingerprint density at radius 3 is 2.59 bits per heavy atom. The van der Waals surface area contributed by atoms with Crippen molar-refractivity contribution in [2.75, 3.05) is 24.6 Å². The lowest BCUT2D eigenvalue weighted by Gasteiger charge is -2.24. The third kappa shape index (κ3) is 5.30. The topological polar surface area (TPSA) is 32.3 Å². The molecular formula is C13H26N2OS. The maximum absolute atomic E-state index is 12.1. The summed E-state index contributed by atoms with van der Waals surface area (Å²) in [5.74, 6) is 2.63. The van der Waals surface area contributed by atoms with E-state index in [0.717, 1.165) is 19.5 Å². The van der Waals surface area contributed by atoms with E-state index in [2.05, 4.69) is 19.2 Å². The highest BCUT2D eigenvalue weighted by molar-refractivity contribution is 7.99. The highest BCUT2D eigenvalue weighted by Gasteiger charge is 2.23. The largest absolute Gasteiger partial charge is 0.341 e. The Hall–Kier alpha value is -0.220. The molecule has 1 amide bonds. The van der Waals surface area contributed by atoms with Gasteiger partial charge in [0.25, 0.3) is 0 Å². The van der Waals surface area contributed by atoms with Gasteiger partial charge in [0, 0.05) is 19.1 Å². The van der Waals surface area contributed by atoms with Crippen LogP contribution >= 0.6 is 11.8 Å². The van der Waals surface area contributed by atoms with Gasteiger partial charge in [-0.1, -0.05) is 6.92 Å². The van der Waals surface area contributed by atoms with Gasteiger partial charge in [0.2, 0.25) is 5.91 Å². The highest BCUT2D eigenvalue weighted by Crippen LogP contribution is 2.10. The molecule has 2 atom stereocenters. The van der Waals surface area contributed by atoms with Crippen molar-refractivity contribution in [2.45, 2.75) is 52.1 Å². The van der Waals surface area contributed by atoms with Crippen molar-refractivity contribution in [3.63, 3.8) is 0 Å². The minimum absolute atomic E-state index is 0.0327. The molecule has 4 heteroatoms. The van der Waals surface area contributed by atoms with Gasteiger partial charge in [-0.05, 0) is 44.6 Å². The molecule has 100 valence electrons. The number of hydrogen-bond acceptors (Lipinski definition) is 3. The lowest BCUT2D eigenvalue weighted by molar-refractivity contribution is -0.132. The Balaban J connectivity index is 2.22. The maximum atomic E-state index is 12.1. The summed E-state index contributed by atoms with van der Waals surface area (Å²) in [5.41, 5.74) is 0. The van der Waals surface area contributed by atoms with Crippen LogP contribution in [0.5, 0.6) is 0 Å². The van der Waals surface area contributed by atoms with Crippen LogP contribution in [0.4, 0.5) is 0 Å². The van der Waals surface area contributed by atoms with Gasteiger partial charge in [0.1, 0.15) is 0 Å². The average Bonchev–Trinajstić information content (AvgIpc) is 2.81. The molecule has 0 aromatic carbocycles. The zero-order chi connectivity index (χ0) is 12.7. The van der Waals surface area contributed by atoms with Gasteiger partial charge in [-0.25, -0.2) is 0 Å². The van der Waals surface area contributed by atoms with E-state index in [0.29, 0.717) is 6.04 Å². The number of nitrogens with zero attached hydrogens (tertiary/aromatic N) is 1. The molecule has 0 aromatic heterocycles. The Morgan fingerprint density at radius 2 is 2.00 bits per heavy atom. The van der Waals surface area contributed by atoms with Crippen LogP contribution in [0.3, 0.4) is 0 Å². The molecule has 17 heavy (non-hydrogen) atoms. The molecule has 2 unspecified atom stereocenters. The number of carbonyl (C=O) groups excluding carboxylic acids is 1. The lowest BCUT2D eigenvalue weighted by Crippen LogP contribution is -2.46. The first kappa shape index (κ1) is 14.8. The fraction of sp³-hybridized carbons (Fsp3) is 0.923. The molecule has 0 aromatic rings. The fourth-order valence-corrected chi connectivity index (χ4v) is 3.01. The number of amides is 1. The fourth-order valence-electron chi connectivity index (χ4n) is 2.20. The van der Waals surface area contributed by atoms with E-state index in [4.69, 9.17) is 0 Å². The number of carbonyl (C=O) groups is 1. The van der Waals surface area contributed by atoms with E-state index in [9.17, 15) is 4.79 Å². The summed E-state index contributed by atoms with van der Waals surface area (Å²) < 4.78 is 0. The summed E-state index contributed by atoms with van der Waals surface area (Å²) in [6.07, 6.45) is 3.47. The summed E-state index contributed by atoms with van der Waals surface area (Å²) in [7, 11) is 0. The molecule has 1 heterocycles. The van der Waals surface area contributed by atoms with Crippen LogP contribution in [0.25, 0.3) is 0 Å². The Labute approximate surface area is 110 Å². The third-order valence-corrected chi connectivity index (χ3v) is 4.15. The summed E-state index contributed by atoms with van der Waals surface area (Å²) in [6.45, 7) is 8.24. The predicted octanol–water partition coefficient (Wildman–Crippen LogP) is 2.12. The molecule has 1 rings (SSSR count). The summed E-state index contributed by atoms with van der Waals surface area (Å²) in [5, 5.41) is 3.41. The molecule has 1 N–H and O–H groups in total. The van der Waals surface area contributed by atoms with Gasteiger partial charge in [-0.2, -0.15) is 11.8 Å². The number of rotatable bonds is 7. The number of nitrogens with one attached hydrogen (secondary N) is 1. The Kier molecular flexibility index (Phi) is 6.97. The molecular weight excluding hydrogens is 232 g/mol. The summed E-state index contributed by atoms with van der Waals surface area (Å²) in [6, 6.07) is 0.394. The normalized spacial score (nSPS) is 19.4. The van der Waals surface area contributed by atoms with Crippen LogP contribution in [-0.4, -0.2) is 47.5 Å². The smallest absolute Gasteiger partial charge is 0.239 e. The van der Waals surface area contributed by atoms with Gasteiger partial charge in [0.15, 0.2) is 0 Å². The van der Waals surface area contributed by atoms with Crippen LogP contribution in [0.15, 0.2) is 0 Å². The molecule has 3 nitrogen and oxygen atoms in total. The van der Waals surface area contributed by atoms with Gasteiger partial charge in [-0.3, -0.25) is 4.79 Å². The second kappa shape index (κ2) is 7.98. The van der Waals surface area contributed by atoms with Crippen molar-refractivity contribution in [3.8, 4) is 0 Å². The predicted molar refractivity (Wildman–Crippen MR) is 75.5 cm³/mol. The average molecular weight is 258 g/mol. The quantitative estimate of drug-likeness (QED) is 0.710. The number of thioether (sulfide) groups is 1.